The molecule has 8 unspecified atom stereocenters. The third-order valence-electron chi connectivity index (χ3n) is 16.1. The summed E-state index contributed by atoms with van der Waals surface area (Å²) in [5, 5.41) is 57.1. The maximum atomic E-state index is 13.5. The first-order valence-corrected chi connectivity index (χ1v) is 34.7. The van der Waals surface area contributed by atoms with Gasteiger partial charge in [-0.1, -0.05) is 306 Å². The fraction of sp³-hybridized carbons (Fsp3) is 0.806. The molecular weight excluding hydrogens is 1040 g/mol. The van der Waals surface area contributed by atoms with Crippen LogP contribution in [0.1, 0.15) is 310 Å². The van der Waals surface area contributed by atoms with E-state index in [0.717, 1.165) is 96.3 Å². The summed E-state index contributed by atoms with van der Waals surface area (Å²) in [6.07, 6.45) is 66.6. The number of carbonyl (C=O) groups excluding carboxylic acids is 2. The average Bonchev–Trinajstić information content (AvgIpc) is 3.62. The van der Waals surface area contributed by atoms with Gasteiger partial charge in [-0.15, -0.1) is 0 Å². The SMILES string of the molecule is CC/C=C\C/C=C\C/C=C\C/C=C\C/C=C\CCCCCCCCCCCCC(O)C(=O)NC(COC1OC(CO)C(O)C(O)C1OC(=O)CCCCCCCCCCCCCCCCCCC)C(O)/C=C/CCCCCCCCCCC. The topological polar surface area (TPSA) is 175 Å². The molecule has 0 aromatic heterocycles. The molecule has 0 bridgehead atoms. The lowest BCUT2D eigenvalue weighted by atomic mass is 9.99. The van der Waals surface area contributed by atoms with Gasteiger partial charge in [0, 0.05) is 6.42 Å². The molecular formula is C72H129NO10. The smallest absolute Gasteiger partial charge is 0.306 e. The first kappa shape index (κ1) is 78.1. The van der Waals surface area contributed by atoms with Gasteiger partial charge in [0.15, 0.2) is 12.4 Å². The molecule has 0 radical (unpaired) electrons. The van der Waals surface area contributed by atoms with E-state index in [0.29, 0.717) is 12.8 Å². The Morgan fingerprint density at radius 1 is 0.482 bits per heavy atom. The molecule has 11 nitrogen and oxygen atoms in total. The molecule has 0 aromatic rings. The molecule has 8 atom stereocenters. The standard InChI is InChI=1S/C72H129NO10/c1-4-7-10-13-16-19-22-24-26-28-29-30-31-32-33-34-35-36-38-39-41-44-47-50-53-56-59-65(76)71(80)73-63(64(75)58-55-52-49-46-43-21-18-15-12-9-6-3)62-81-72-70(69(79)68(78)66(61-74)82-72)83-67(77)60-57-54-51-48-45-42-40-37-27-25-23-20-17-14-11-8-5-2/h7,10,16,19,24,26,29-30,32-33,55,58,63-66,68-70,72,74-76,78-79H,4-6,8-9,11-15,17-18,20-23,25,27-28,31,34-54,56-57,59-62H2,1-3H3,(H,73,80)/b10-7-,19-16-,26-24-,30-29-,33-32-,58-55+. The minimum Gasteiger partial charge on any atom is -0.454 e. The molecule has 0 aromatic carbocycles. The van der Waals surface area contributed by atoms with Crippen LogP contribution in [-0.4, -0.2) is 99.6 Å². The molecule has 0 aliphatic carbocycles. The van der Waals surface area contributed by atoms with Crippen molar-refractivity contribution in [3.05, 3.63) is 72.9 Å². The van der Waals surface area contributed by atoms with Crippen molar-refractivity contribution in [3.8, 4) is 0 Å². The van der Waals surface area contributed by atoms with Gasteiger partial charge in [0.2, 0.25) is 5.91 Å². The van der Waals surface area contributed by atoms with Gasteiger partial charge in [-0.25, -0.2) is 0 Å². The van der Waals surface area contributed by atoms with Gasteiger partial charge in [0.25, 0.3) is 0 Å². The number of carbonyl (C=O) groups is 2. The molecule has 83 heavy (non-hydrogen) atoms. The van der Waals surface area contributed by atoms with E-state index in [2.05, 4.69) is 86.8 Å². The highest BCUT2D eigenvalue weighted by Gasteiger charge is 2.47. The van der Waals surface area contributed by atoms with Gasteiger partial charge >= 0.3 is 5.97 Å². The summed E-state index contributed by atoms with van der Waals surface area (Å²) in [7, 11) is 0. The summed E-state index contributed by atoms with van der Waals surface area (Å²) in [4.78, 5) is 26.6. The predicted octanol–water partition coefficient (Wildman–Crippen LogP) is 17.5. The van der Waals surface area contributed by atoms with E-state index < -0.39 is 67.4 Å². The normalized spacial score (nSPS) is 19.0. The van der Waals surface area contributed by atoms with Crippen LogP contribution in [-0.2, 0) is 23.8 Å². The number of esters is 1. The Labute approximate surface area is 509 Å². The van der Waals surface area contributed by atoms with Crippen LogP contribution in [0.4, 0.5) is 0 Å². The van der Waals surface area contributed by atoms with Crippen LogP contribution >= 0.6 is 0 Å². The second-order valence-corrected chi connectivity index (χ2v) is 23.9. The van der Waals surface area contributed by atoms with E-state index in [1.165, 1.54) is 167 Å². The van der Waals surface area contributed by atoms with E-state index in [1.54, 1.807) is 6.08 Å². The molecule has 1 aliphatic heterocycles. The molecule has 0 spiro atoms. The first-order chi connectivity index (χ1) is 40.7. The lowest BCUT2D eigenvalue weighted by Crippen LogP contribution is -2.61. The lowest BCUT2D eigenvalue weighted by molar-refractivity contribution is -0.305. The average molecular weight is 1170 g/mol. The fourth-order valence-corrected chi connectivity index (χ4v) is 10.7. The number of unbranched alkanes of at least 4 members (excludes halogenated alkanes) is 35. The third-order valence-corrected chi connectivity index (χ3v) is 16.1. The summed E-state index contributed by atoms with van der Waals surface area (Å²) >= 11 is 0. The molecule has 11 heteroatoms. The quantitative estimate of drug-likeness (QED) is 0.0195. The number of allylic oxidation sites excluding steroid dienone is 11. The van der Waals surface area contributed by atoms with Crippen LogP contribution in [0.2, 0.25) is 0 Å². The number of hydrogen-bond acceptors (Lipinski definition) is 10. The van der Waals surface area contributed by atoms with Gasteiger partial charge in [-0.3, -0.25) is 9.59 Å². The van der Waals surface area contributed by atoms with E-state index in [4.69, 9.17) is 14.2 Å². The predicted molar refractivity (Wildman–Crippen MR) is 347 cm³/mol. The molecule has 1 amide bonds. The van der Waals surface area contributed by atoms with E-state index in [9.17, 15) is 35.1 Å². The van der Waals surface area contributed by atoms with Gasteiger partial charge in [0.05, 0.1) is 25.4 Å². The number of ether oxygens (including phenoxy) is 3. The highest BCUT2D eigenvalue weighted by molar-refractivity contribution is 5.80. The molecule has 6 N–H and O–H groups in total. The highest BCUT2D eigenvalue weighted by Crippen LogP contribution is 2.26. The van der Waals surface area contributed by atoms with Crippen molar-refractivity contribution in [2.24, 2.45) is 0 Å². The van der Waals surface area contributed by atoms with Gasteiger partial charge in [-0.2, -0.15) is 0 Å². The number of hydrogen-bond donors (Lipinski definition) is 6. The monoisotopic (exact) mass is 1170 g/mol. The Balaban J connectivity index is 2.56. The number of aliphatic hydroxyl groups is 5. The van der Waals surface area contributed by atoms with Crippen molar-refractivity contribution < 1.29 is 49.3 Å². The summed E-state index contributed by atoms with van der Waals surface area (Å²) in [6.45, 7) is 5.70. The summed E-state index contributed by atoms with van der Waals surface area (Å²) in [6, 6.07) is -1.03. The number of aliphatic hydroxyl groups excluding tert-OH is 5. The van der Waals surface area contributed by atoms with Crippen LogP contribution in [0.5, 0.6) is 0 Å². The summed E-state index contributed by atoms with van der Waals surface area (Å²) in [5.74, 6) is -1.19. The van der Waals surface area contributed by atoms with Crippen molar-refractivity contribution in [2.45, 2.75) is 359 Å². The Kier molecular flexibility index (Phi) is 55.9. The number of amides is 1. The largest absolute Gasteiger partial charge is 0.454 e. The van der Waals surface area contributed by atoms with Crippen molar-refractivity contribution in [2.75, 3.05) is 13.2 Å². The van der Waals surface area contributed by atoms with Crippen LogP contribution in [0, 0.1) is 0 Å². The maximum absolute atomic E-state index is 13.5. The van der Waals surface area contributed by atoms with Crippen LogP contribution in [0.15, 0.2) is 72.9 Å². The Morgan fingerprint density at radius 2 is 0.867 bits per heavy atom. The molecule has 0 saturated carbocycles. The zero-order chi connectivity index (χ0) is 60.3. The van der Waals surface area contributed by atoms with Gasteiger partial charge < -0.3 is 45.1 Å². The minimum absolute atomic E-state index is 0.126. The van der Waals surface area contributed by atoms with Crippen molar-refractivity contribution in [3.63, 3.8) is 0 Å². The third kappa shape index (κ3) is 46.9. The zero-order valence-electron chi connectivity index (χ0n) is 53.6. The summed E-state index contributed by atoms with van der Waals surface area (Å²) < 4.78 is 17.7. The van der Waals surface area contributed by atoms with E-state index in [-0.39, 0.29) is 19.4 Å². The van der Waals surface area contributed by atoms with Crippen molar-refractivity contribution >= 4 is 11.9 Å². The van der Waals surface area contributed by atoms with Crippen molar-refractivity contribution in [1.82, 2.24) is 5.32 Å². The summed E-state index contributed by atoms with van der Waals surface area (Å²) in [5.41, 5.74) is 0. The molecule has 1 aliphatic rings. The van der Waals surface area contributed by atoms with Gasteiger partial charge in [-0.05, 0) is 70.6 Å². The minimum atomic E-state index is -1.61. The molecule has 1 heterocycles. The van der Waals surface area contributed by atoms with Crippen LogP contribution < -0.4 is 5.32 Å². The van der Waals surface area contributed by atoms with Crippen LogP contribution in [0.3, 0.4) is 0 Å². The molecule has 1 rings (SSSR count). The second kappa shape index (κ2) is 59.4. The maximum Gasteiger partial charge on any atom is 0.306 e. The van der Waals surface area contributed by atoms with E-state index >= 15 is 0 Å². The fourth-order valence-electron chi connectivity index (χ4n) is 10.7. The Morgan fingerprint density at radius 3 is 1.30 bits per heavy atom. The second-order valence-electron chi connectivity index (χ2n) is 23.9. The van der Waals surface area contributed by atoms with Gasteiger partial charge in [0.1, 0.15) is 24.4 Å². The molecule has 1 saturated heterocycles. The zero-order valence-corrected chi connectivity index (χ0v) is 53.6. The highest BCUT2D eigenvalue weighted by atomic mass is 16.7. The first-order valence-electron chi connectivity index (χ1n) is 34.7. The number of rotatable bonds is 59. The molecule has 482 valence electrons. The Hall–Kier alpha value is -2.90. The van der Waals surface area contributed by atoms with E-state index in [1.807, 2.05) is 6.08 Å². The number of nitrogens with one attached hydrogen (secondary N) is 1. The Bertz CT molecular complexity index is 1630. The van der Waals surface area contributed by atoms with Crippen molar-refractivity contribution in [1.29, 1.82) is 0 Å². The van der Waals surface area contributed by atoms with Crippen LogP contribution in [0.25, 0.3) is 0 Å². The lowest BCUT2D eigenvalue weighted by Gasteiger charge is -2.41. The molecule has 1 fully saturated rings.